The van der Waals surface area contributed by atoms with E-state index in [0.717, 1.165) is 38.5 Å². The minimum Gasteiger partial charge on any atom is -0.353 e. The van der Waals surface area contributed by atoms with Crippen LogP contribution in [0.15, 0.2) is 0 Å². The molecule has 1 fully saturated rings. The smallest absolute Gasteiger partial charge is 0.223 e. The van der Waals surface area contributed by atoms with E-state index in [1.54, 1.807) is 0 Å². The first-order valence-electron chi connectivity index (χ1n) is 6.41. The van der Waals surface area contributed by atoms with E-state index in [0.29, 0.717) is 6.04 Å². The predicted octanol–water partition coefficient (Wildman–Crippen LogP) is 2.62. The third kappa shape index (κ3) is 3.52. The van der Waals surface area contributed by atoms with Crippen LogP contribution in [0.5, 0.6) is 0 Å². The molecule has 1 aliphatic rings. The Balaban J connectivity index is 2.33. The molecular weight excluding hydrogens is 200 g/mol. The lowest BCUT2D eigenvalue weighted by Gasteiger charge is -2.27. The second-order valence-electron chi connectivity index (χ2n) is 4.70. The fraction of sp³-hybridized carbons (Fsp3) is 0.846. The van der Waals surface area contributed by atoms with Crippen LogP contribution in [0.25, 0.3) is 0 Å². The zero-order chi connectivity index (χ0) is 12.0. The van der Waals surface area contributed by atoms with Gasteiger partial charge in [-0.1, -0.05) is 13.8 Å². The maximum Gasteiger partial charge on any atom is 0.223 e. The molecule has 90 valence electrons. The molecule has 0 spiro atoms. The molecule has 0 aliphatic heterocycles. The Labute approximate surface area is 98.2 Å². The van der Waals surface area contributed by atoms with E-state index >= 15 is 0 Å². The van der Waals surface area contributed by atoms with Crippen LogP contribution in [-0.2, 0) is 4.79 Å². The first-order valence-corrected chi connectivity index (χ1v) is 6.41. The molecule has 0 atom stereocenters. The zero-order valence-corrected chi connectivity index (χ0v) is 10.3. The van der Waals surface area contributed by atoms with Gasteiger partial charge in [-0.2, -0.15) is 5.26 Å². The van der Waals surface area contributed by atoms with E-state index in [-0.39, 0.29) is 17.7 Å². The second kappa shape index (κ2) is 6.52. The lowest BCUT2D eigenvalue weighted by molar-refractivity contribution is -0.126. The molecule has 0 heterocycles. The summed E-state index contributed by atoms with van der Waals surface area (Å²) in [7, 11) is 0. The first-order chi connectivity index (χ1) is 7.71. The van der Waals surface area contributed by atoms with E-state index in [1.807, 2.05) is 0 Å². The third-order valence-corrected chi connectivity index (χ3v) is 3.61. The Hall–Kier alpha value is -1.04. The van der Waals surface area contributed by atoms with E-state index in [1.165, 1.54) is 0 Å². The number of carbonyl (C=O) groups is 1. The van der Waals surface area contributed by atoms with Crippen LogP contribution >= 0.6 is 0 Å². The maximum absolute atomic E-state index is 11.8. The topological polar surface area (TPSA) is 52.9 Å². The van der Waals surface area contributed by atoms with E-state index in [9.17, 15) is 4.79 Å². The quantitative estimate of drug-likeness (QED) is 0.795. The predicted molar refractivity (Wildman–Crippen MR) is 63.6 cm³/mol. The highest BCUT2D eigenvalue weighted by Crippen LogP contribution is 2.23. The van der Waals surface area contributed by atoms with Gasteiger partial charge in [-0.05, 0) is 38.5 Å². The van der Waals surface area contributed by atoms with Gasteiger partial charge in [0.05, 0.1) is 6.07 Å². The monoisotopic (exact) mass is 222 g/mol. The van der Waals surface area contributed by atoms with Gasteiger partial charge in [0.25, 0.3) is 0 Å². The summed E-state index contributed by atoms with van der Waals surface area (Å²) in [5, 5.41) is 11.9. The zero-order valence-electron chi connectivity index (χ0n) is 10.3. The molecule has 1 rings (SSSR count). The molecule has 1 aliphatic carbocycles. The van der Waals surface area contributed by atoms with Gasteiger partial charge < -0.3 is 5.32 Å². The van der Waals surface area contributed by atoms with E-state index in [4.69, 9.17) is 5.26 Å². The summed E-state index contributed by atoms with van der Waals surface area (Å²) in [6.07, 6.45) is 5.62. The highest BCUT2D eigenvalue weighted by molar-refractivity contribution is 5.78. The van der Waals surface area contributed by atoms with E-state index in [2.05, 4.69) is 25.2 Å². The van der Waals surface area contributed by atoms with Crippen molar-refractivity contribution in [2.45, 2.75) is 58.4 Å². The Morgan fingerprint density at radius 2 is 1.88 bits per heavy atom. The highest BCUT2D eigenvalue weighted by Gasteiger charge is 2.23. The molecule has 0 radical (unpaired) electrons. The molecule has 0 aromatic carbocycles. The third-order valence-electron chi connectivity index (χ3n) is 3.61. The number of nitrogens with one attached hydrogen (secondary N) is 1. The van der Waals surface area contributed by atoms with Crippen molar-refractivity contribution in [3.63, 3.8) is 0 Å². The van der Waals surface area contributed by atoms with Crippen molar-refractivity contribution in [2.75, 3.05) is 0 Å². The SMILES string of the molecule is CCC(CC)C(=O)NC1CCC(C#N)CC1. The Morgan fingerprint density at radius 3 is 2.31 bits per heavy atom. The maximum atomic E-state index is 11.8. The molecule has 0 aromatic heterocycles. The number of amides is 1. The lowest BCUT2D eigenvalue weighted by Crippen LogP contribution is -2.40. The van der Waals surface area contributed by atoms with Gasteiger partial charge in [-0.15, -0.1) is 0 Å². The number of hydrogen-bond donors (Lipinski definition) is 1. The minimum atomic E-state index is 0.161. The van der Waals surface area contributed by atoms with Crippen LogP contribution in [-0.4, -0.2) is 11.9 Å². The largest absolute Gasteiger partial charge is 0.353 e. The van der Waals surface area contributed by atoms with Crippen molar-refractivity contribution in [3.8, 4) is 6.07 Å². The molecule has 0 aromatic rings. The van der Waals surface area contributed by atoms with Crippen molar-refractivity contribution in [3.05, 3.63) is 0 Å². The number of nitrogens with zero attached hydrogens (tertiary/aromatic N) is 1. The highest BCUT2D eigenvalue weighted by atomic mass is 16.1. The Kier molecular flexibility index (Phi) is 5.31. The fourth-order valence-corrected chi connectivity index (χ4v) is 2.35. The molecule has 3 heteroatoms. The summed E-state index contributed by atoms with van der Waals surface area (Å²) in [5.74, 6) is 0.570. The number of carbonyl (C=O) groups excluding carboxylic acids is 1. The first kappa shape index (κ1) is 13.0. The van der Waals surface area contributed by atoms with Crippen LogP contribution < -0.4 is 5.32 Å². The van der Waals surface area contributed by atoms with Crippen molar-refractivity contribution in [1.29, 1.82) is 5.26 Å². The summed E-state index contributed by atoms with van der Waals surface area (Å²) >= 11 is 0. The molecule has 1 N–H and O–H groups in total. The number of nitriles is 1. The molecule has 0 unspecified atom stereocenters. The fourth-order valence-electron chi connectivity index (χ4n) is 2.35. The van der Waals surface area contributed by atoms with Gasteiger partial charge in [-0.25, -0.2) is 0 Å². The lowest BCUT2D eigenvalue weighted by atomic mass is 9.86. The molecule has 1 saturated carbocycles. The van der Waals surface area contributed by atoms with Gasteiger partial charge in [0.1, 0.15) is 0 Å². The summed E-state index contributed by atoms with van der Waals surface area (Å²) in [5.41, 5.74) is 0. The van der Waals surface area contributed by atoms with Crippen molar-refractivity contribution >= 4 is 5.91 Å². The second-order valence-corrected chi connectivity index (χ2v) is 4.70. The molecule has 0 bridgehead atoms. The molecule has 3 nitrogen and oxygen atoms in total. The van der Waals surface area contributed by atoms with Crippen LogP contribution in [0, 0.1) is 23.2 Å². The van der Waals surface area contributed by atoms with Gasteiger partial charge in [0.15, 0.2) is 0 Å². The molecular formula is C13H22N2O. The standard InChI is InChI=1S/C13H22N2O/c1-3-11(4-2)13(16)15-12-7-5-10(9-14)6-8-12/h10-12H,3-8H2,1-2H3,(H,15,16). The van der Waals surface area contributed by atoms with Crippen LogP contribution in [0.3, 0.4) is 0 Å². The van der Waals surface area contributed by atoms with Gasteiger partial charge in [-0.3, -0.25) is 4.79 Å². The summed E-state index contributed by atoms with van der Waals surface area (Å²) in [6.45, 7) is 4.11. The Bertz CT molecular complexity index is 258. The van der Waals surface area contributed by atoms with Crippen molar-refractivity contribution < 1.29 is 4.79 Å². The van der Waals surface area contributed by atoms with Crippen LogP contribution in [0.2, 0.25) is 0 Å². The average molecular weight is 222 g/mol. The molecule has 1 amide bonds. The van der Waals surface area contributed by atoms with Gasteiger partial charge >= 0.3 is 0 Å². The number of rotatable bonds is 4. The van der Waals surface area contributed by atoms with Gasteiger partial charge in [0, 0.05) is 17.9 Å². The molecule has 0 saturated heterocycles. The van der Waals surface area contributed by atoms with E-state index < -0.39 is 0 Å². The Morgan fingerprint density at radius 1 is 1.31 bits per heavy atom. The number of hydrogen-bond acceptors (Lipinski definition) is 2. The normalized spacial score (nSPS) is 25.1. The average Bonchev–Trinajstić information content (AvgIpc) is 2.31. The summed E-state index contributed by atoms with van der Waals surface area (Å²) in [6, 6.07) is 2.61. The van der Waals surface area contributed by atoms with Crippen LogP contribution in [0.4, 0.5) is 0 Å². The van der Waals surface area contributed by atoms with Crippen molar-refractivity contribution in [2.24, 2.45) is 11.8 Å². The summed E-state index contributed by atoms with van der Waals surface area (Å²) < 4.78 is 0. The van der Waals surface area contributed by atoms with Crippen molar-refractivity contribution in [1.82, 2.24) is 5.32 Å². The van der Waals surface area contributed by atoms with Crippen LogP contribution in [0.1, 0.15) is 52.4 Å². The summed E-state index contributed by atoms with van der Waals surface area (Å²) in [4.78, 5) is 11.8. The van der Waals surface area contributed by atoms with Gasteiger partial charge in [0.2, 0.25) is 5.91 Å². The minimum absolute atomic E-state index is 0.161. The molecule has 16 heavy (non-hydrogen) atoms.